The van der Waals surface area contributed by atoms with Crippen LogP contribution in [0.4, 0.5) is 17.1 Å². The molecular weight excluding hydrogens is 814 g/mol. The Hall–Kier alpha value is -5.29. The summed E-state index contributed by atoms with van der Waals surface area (Å²) >= 11 is 1.58. The van der Waals surface area contributed by atoms with E-state index >= 15 is 0 Å². The Labute approximate surface area is 310 Å². The molecule has 5 nitrogen and oxygen atoms in total. The molecule has 5 heterocycles. The molecule has 242 valence electrons. The quantitative estimate of drug-likeness (QED) is 0.166. The van der Waals surface area contributed by atoms with Crippen LogP contribution in [0.3, 0.4) is 0 Å². The average Bonchev–Trinajstić information content (AvgIpc) is 3.83. The minimum absolute atomic E-state index is 0. The van der Waals surface area contributed by atoms with Crippen molar-refractivity contribution < 1.29 is 25.2 Å². The van der Waals surface area contributed by atoms with E-state index in [1.807, 2.05) is 59.6 Å². The molecule has 7 heteroatoms. The van der Waals surface area contributed by atoms with Gasteiger partial charge in [0.1, 0.15) is 5.65 Å². The predicted octanol–water partition coefficient (Wildman–Crippen LogP) is 10.8. The van der Waals surface area contributed by atoms with Gasteiger partial charge in [0.25, 0.3) is 0 Å². The van der Waals surface area contributed by atoms with E-state index in [4.69, 9.17) is 9.10 Å². The van der Waals surface area contributed by atoms with Gasteiger partial charge in [0.15, 0.2) is 0 Å². The molecule has 1 aliphatic rings. The van der Waals surface area contributed by atoms with E-state index in [1.165, 1.54) is 21.2 Å². The summed E-state index contributed by atoms with van der Waals surface area (Å²) in [7, 11) is 0. The van der Waals surface area contributed by atoms with Crippen molar-refractivity contribution in [3.05, 3.63) is 152 Å². The first-order valence-corrected chi connectivity index (χ1v) is 17.0. The average molecular weight is 843 g/mol. The molecule has 0 saturated carbocycles. The van der Waals surface area contributed by atoms with Gasteiger partial charge in [-0.15, -0.1) is 50.8 Å². The first-order chi connectivity index (χ1) is 25.4. The standard InChI is InChI=1S/C43H26N5S.Pt/c1-45-26-46(38-19-5-4-18-37(38)45)27-10-6-11-28(24-27)49-29-21-22-31-33-15-8-20-39-42(33)48(40(31)25-29)43-35(16-9-23-44-43)34-14-7-13-32-30-12-2-3-17-36(30)47(39)41(32)34;/h2-23,26H,1H3;/q-3;/i1D3;. The van der Waals surface area contributed by atoms with Crippen molar-refractivity contribution in [3.63, 3.8) is 0 Å². The van der Waals surface area contributed by atoms with Crippen LogP contribution in [-0.4, -0.2) is 20.8 Å². The molecule has 0 N–H and O–H groups in total. The molecule has 1 aliphatic heterocycles. The van der Waals surface area contributed by atoms with Gasteiger partial charge >= 0.3 is 0 Å². The van der Waals surface area contributed by atoms with E-state index in [-0.39, 0.29) is 21.1 Å². The van der Waals surface area contributed by atoms with Crippen LogP contribution < -0.4 is 9.80 Å². The minimum Gasteiger partial charge on any atom is -0.504 e. The van der Waals surface area contributed by atoms with Gasteiger partial charge in [-0.1, -0.05) is 66.2 Å². The molecule has 4 aromatic heterocycles. The largest absolute Gasteiger partial charge is 0.504 e. The van der Waals surface area contributed by atoms with E-state index in [9.17, 15) is 0 Å². The smallest absolute Gasteiger partial charge is 0.143 e. The molecule has 0 amide bonds. The van der Waals surface area contributed by atoms with Crippen molar-refractivity contribution in [2.75, 3.05) is 16.8 Å². The summed E-state index contributed by atoms with van der Waals surface area (Å²) in [6, 6.07) is 51.1. The third kappa shape index (κ3) is 4.09. The monoisotopic (exact) mass is 842 g/mol. The molecule has 0 spiro atoms. The van der Waals surface area contributed by atoms with Gasteiger partial charge in [0.05, 0.1) is 22.1 Å². The first-order valence-electron chi connectivity index (χ1n) is 17.6. The SMILES string of the molecule is [2H]C([2H])([2H])N1[CH-]N(c2[c-]c(Sc3[c-]c4c(cc3)c3cccc5c3n4c3ncccc3c3cccc4c6ccccc6n5c43)ccc2)c2ccccc21.[Pt]. The zero-order chi connectivity index (χ0) is 34.7. The molecule has 0 atom stereocenters. The van der Waals surface area contributed by atoms with Crippen LogP contribution in [0.15, 0.2) is 143 Å². The molecule has 10 aromatic rings. The van der Waals surface area contributed by atoms with Gasteiger partial charge in [-0.3, -0.25) is 0 Å². The molecular formula is C43H26N5PtS-3. The van der Waals surface area contributed by atoms with E-state index in [2.05, 4.69) is 99.8 Å². The second-order valence-electron chi connectivity index (χ2n) is 12.4. The Kier molecular flexibility index (Phi) is 5.90. The minimum atomic E-state index is -2.31. The maximum absolute atomic E-state index is 8.10. The van der Waals surface area contributed by atoms with E-state index in [0.717, 1.165) is 70.4 Å². The Morgan fingerprint density at radius 3 is 2.20 bits per heavy atom. The van der Waals surface area contributed by atoms with Crippen LogP contribution in [-0.2, 0) is 21.1 Å². The number of para-hydroxylation sites is 5. The number of pyridine rings is 1. The molecule has 0 saturated heterocycles. The summed E-state index contributed by atoms with van der Waals surface area (Å²) in [4.78, 5) is 10.1. The van der Waals surface area contributed by atoms with Crippen LogP contribution >= 0.6 is 11.8 Å². The number of nitrogens with zero attached hydrogens (tertiary/aromatic N) is 5. The number of benzene rings is 6. The summed E-state index contributed by atoms with van der Waals surface area (Å²) in [5.74, 6) is 0. The van der Waals surface area contributed by atoms with E-state index in [0.29, 0.717) is 5.69 Å². The number of aromatic nitrogens is 3. The summed E-state index contributed by atoms with van der Waals surface area (Å²) < 4.78 is 29.0. The molecule has 0 radical (unpaired) electrons. The van der Waals surface area contributed by atoms with Crippen molar-refractivity contribution in [2.24, 2.45) is 0 Å². The first kappa shape index (κ1) is 26.6. The molecule has 0 aliphatic carbocycles. The van der Waals surface area contributed by atoms with Crippen molar-refractivity contribution in [2.45, 2.75) is 9.79 Å². The fraction of sp³-hybridized carbons (Fsp3) is 0.0233. The maximum atomic E-state index is 8.10. The van der Waals surface area contributed by atoms with Gasteiger partial charge in [0.2, 0.25) is 0 Å². The van der Waals surface area contributed by atoms with Gasteiger partial charge in [-0.2, -0.15) is 30.9 Å². The molecule has 6 aromatic carbocycles. The second-order valence-corrected chi connectivity index (χ2v) is 13.5. The van der Waals surface area contributed by atoms with Gasteiger partial charge in [0, 0.05) is 64.3 Å². The number of fused-ring (bicyclic) bond motifs is 11. The number of hydrogen-bond donors (Lipinski definition) is 0. The normalized spacial score (nSPS) is 14.2. The molecule has 11 rings (SSSR count). The summed E-state index contributed by atoms with van der Waals surface area (Å²) in [5.41, 5.74) is 8.54. The molecule has 0 unspecified atom stereocenters. The maximum Gasteiger partial charge on any atom is 0.143 e. The summed E-state index contributed by atoms with van der Waals surface area (Å²) in [5, 5.41) is 6.87. The Morgan fingerprint density at radius 2 is 1.30 bits per heavy atom. The third-order valence-electron chi connectivity index (χ3n) is 9.74. The number of rotatable bonds is 3. The van der Waals surface area contributed by atoms with Crippen molar-refractivity contribution in [1.29, 1.82) is 0 Å². The second kappa shape index (κ2) is 11.1. The third-order valence-corrected chi connectivity index (χ3v) is 10.7. The summed E-state index contributed by atoms with van der Waals surface area (Å²) in [6.07, 6.45) is 1.87. The van der Waals surface area contributed by atoms with Crippen LogP contribution in [0.5, 0.6) is 0 Å². The van der Waals surface area contributed by atoms with Crippen LogP contribution in [0.2, 0.25) is 0 Å². The van der Waals surface area contributed by atoms with Crippen molar-refractivity contribution in [3.8, 4) is 0 Å². The molecule has 0 bridgehead atoms. The van der Waals surface area contributed by atoms with Gasteiger partial charge in [-0.25, -0.2) is 4.98 Å². The van der Waals surface area contributed by atoms with E-state index < -0.39 is 6.98 Å². The predicted molar refractivity (Wildman–Crippen MR) is 203 cm³/mol. The number of hydrogen-bond acceptors (Lipinski definition) is 4. The van der Waals surface area contributed by atoms with Gasteiger partial charge in [-0.05, 0) is 48.8 Å². The van der Waals surface area contributed by atoms with Crippen LogP contribution in [0, 0.1) is 18.8 Å². The van der Waals surface area contributed by atoms with E-state index in [1.54, 1.807) is 18.4 Å². The Bertz CT molecular complexity index is 3120. The van der Waals surface area contributed by atoms with Crippen LogP contribution in [0.1, 0.15) is 4.11 Å². The Morgan fingerprint density at radius 1 is 0.600 bits per heavy atom. The summed E-state index contributed by atoms with van der Waals surface area (Å²) in [6.45, 7) is -0.670. The molecule has 0 fully saturated rings. The topological polar surface area (TPSA) is 28.2 Å². The zero-order valence-electron chi connectivity index (χ0n) is 29.2. The van der Waals surface area contributed by atoms with Crippen molar-refractivity contribution in [1.82, 2.24) is 13.8 Å². The fourth-order valence-corrected chi connectivity index (χ4v) is 8.56. The number of anilines is 3. The molecule has 50 heavy (non-hydrogen) atoms. The Balaban J connectivity index is 0.00000349. The van der Waals surface area contributed by atoms with Crippen LogP contribution in [0.25, 0.3) is 65.5 Å². The van der Waals surface area contributed by atoms with Gasteiger partial charge < -0.3 is 18.6 Å². The van der Waals surface area contributed by atoms with Crippen molar-refractivity contribution >= 4 is 94.4 Å². The fourth-order valence-electron chi connectivity index (χ4n) is 7.73. The zero-order valence-corrected chi connectivity index (χ0v) is 29.3.